The zero-order valence-corrected chi connectivity index (χ0v) is 11.5. The maximum Gasteiger partial charge on any atom is 0.258 e. The lowest BCUT2D eigenvalue weighted by Crippen LogP contribution is -2.40. The average Bonchev–Trinajstić information content (AvgIpc) is 3.01. The Morgan fingerprint density at radius 3 is 2.85 bits per heavy atom. The number of aromatic nitrogens is 6. The van der Waals surface area contributed by atoms with Gasteiger partial charge in [0.2, 0.25) is 11.9 Å². The zero-order valence-electron chi connectivity index (χ0n) is 11.5. The largest absolute Gasteiger partial charge is 0.368 e. The lowest BCUT2D eigenvalue weighted by Gasteiger charge is -2.35. The van der Waals surface area contributed by atoms with Crippen molar-refractivity contribution in [1.82, 2.24) is 29.7 Å². The second-order valence-corrected chi connectivity index (χ2v) is 4.88. The van der Waals surface area contributed by atoms with Crippen LogP contribution in [-0.2, 0) is 0 Å². The number of nitrogens with zero attached hydrogens (tertiary/aromatic N) is 7. The van der Waals surface area contributed by atoms with Gasteiger partial charge in [-0.2, -0.15) is 24.7 Å². The molecule has 3 heterocycles. The monoisotopic (exact) mass is 274 g/mol. The summed E-state index contributed by atoms with van der Waals surface area (Å²) < 4.78 is 1.49. The Kier molecular flexibility index (Phi) is 3.44. The molecule has 1 fully saturated rings. The second kappa shape index (κ2) is 5.40. The van der Waals surface area contributed by atoms with E-state index in [1.165, 1.54) is 23.9 Å². The molecule has 2 aromatic rings. The maximum atomic E-state index is 5.81. The fourth-order valence-electron chi connectivity index (χ4n) is 2.60. The van der Waals surface area contributed by atoms with Gasteiger partial charge < -0.3 is 10.6 Å². The zero-order chi connectivity index (χ0) is 13.9. The summed E-state index contributed by atoms with van der Waals surface area (Å²) in [7, 11) is 0. The molecule has 2 N–H and O–H groups in total. The van der Waals surface area contributed by atoms with Crippen LogP contribution >= 0.6 is 0 Å². The van der Waals surface area contributed by atoms with Crippen molar-refractivity contribution in [1.29, 1.82) is 0 Å². The number of rotatable bonds is 3. The van der Waals surface area contributed by atoms with Crippen molar-refractivity contribution in [3.05, 3.63) is 12.7 Å². The highest BCUT2D eigenvalue weighted by molar-refractivity contribution is 5.39. The van der Waals surface area contributed by atoms with Gasteiger partial charge in [0.1, 0.15) is 12.7 Å². The van der Waals surface area contributed by atoms with Crippen molar-refractivity contribution >= 4 is 11.9 Å². The molecule has 1 saturated heterocycles. The van der Waals surface area contributed by atoms with Crippen LogP contribution in [0.3, 0.4) is 0 Å². The highest BCUT2D eigenvalue weighted by atomic mass is 15.4. The molecule has 20 heavy (non-hydrogen) atoms. The van der Waals surface area contributed by atoms with Gasteiger partial charge in [-0.25, -0.2) is 4.98 Å². The van der Waals surface area contributed by atoms with Gasteiger partial charge in [-0.1, -0.05) is 6.92 Å². The molecule has 1 atom stereocenters. The lowest BCUT2D eigenvalue weighted by molar-refractivity contribution is 0.442. The fraction of sp³-hybridized carbons (Fsp3) is 0.583. The topological polar surface area (TPSA) is 98.6 Å². The van der Waals surface area contributed by atoms with Crippen LogP contribution < -0.4 is 10.6 Å². The number of nitrogen functional groups attached to an aromatic ring is 1. The summed E-state index contributed by atoms with van der Waals surface area (Å²) in [4.78, 5) is 19.0. The summed E-state index contributed by atoms with van der Waals surface area (Å²) in [5.74, 6) is 1.25. The van der Waals surface area contributed by atoms with Gasteiger partial charge in [-0.05, 0) is 25.7 Å². The Hall–Kier alpha value is -2.25. The molecule has 106 valence electrons. The summed E-state index contributed by atoms with van der Waals surface area (Å²) >= 11 is 0. The summed E-state index contributed by atoms with van der Waals surface area (Å²) in [6.07, 6.45) is 7.64. The van der Waals surface area contributed by atoms with Crippen LogP contribution in [0.4, 0.5) is 11.9 Å². The van der Waals surface area contributed by atoms with Gasteiger partial charge in [0.05, 0.1) is 0 Å². The van der Waals surface area contributed by atoms with Crippen molar-refractivity contribution in [3.63, 3.8) is 0 Å². The average molecular weight is 274 g/mol. The molecule has 1 aliphatic rings. The normalized spacial score (nSPS) is 19.2. The number of hydrogen-bond acceptors (Lipinski definition) is 7. The first-order valence-corrected chi connectivity index (χ1v) is 6.91. The van der Waals surface area contributed by atoms with Crippen molar-refractivity contribution in [2.24, 2.45) is 0 Å². The lowest BCUT2D eigenvalue weighted by atomic mass is 10.0. The molecule has 0 aromatic carbocycles. The summed E-state index contributed by atoms with van der Waals surface area (Å²) in [5.41, 5.74) is 5.81. The van der Waals surface area contributed by atoms with Gasteiger partial charge in [-0.3, -0.25) is 0 Å². The minimum absolute atomic E-state index is 0.209. The number of hydrogen-bond donors (Lipinski definition) is 1. The van der Waals surface area contributed by atoms with E-state index in [-0.39, 0.29) is 5.95 Å². The molecule has 0 amide bonds. The van der Waals surface area contributed by atoms with Crippen LogP contribution in [0.5, 0.6) is 0 Å². The van der Waals surface area contributed by atoms with Crippen LogP contribution in [0, 0.1) is 0 Å². The third-order valence-corrected chi connectivity index (χ3v) is 3.61. The van der Waals surface area contributed by atoms with E-state index in [0.29, 0.717) is 17.9 Å². The molecule has 8 nitrogen and oxygen atoms in total. The Morgan fingerprint density at radius 1 is 1.25 bits per heavy atom. The standard InChI is InChI=1S/C12H18N8/c1-2-9-5-3-4-6-19(9)11-16-10(13)17-12(18-11)20-8-14-7-15-20/h7-9H,2-6H2,1H3,(H2,13,16,17,18). The molecule has 0 bridgehead atoms. The third kappa shape index (κ3) is 2.40. The summed E-state index contributed by atoms with van der Waals surface area (Å²) in [6.45, 7) is 3.14. The van der Waals surface area contributed by atoms with Crippen LogP contribution in [-0.4, -0.2) is 42.3 Å². The quantitative estimate of drug-likeness (QED) is 0.883. The number of nitrogens with two attached hydrogens (primary N) is 1. The molecule has 0 saturated carbocycles. The van der Waals surface area contributed by atoms with E-state index >= 15 is 0 Å². The molecular weight excluding hydrogens is 256 g/mol. The maximum absolute atomic E-state index is 5.81. The van der Waals surface area contributed by atoms with Crippen LogP contribution in [0.2, 0.25) is 0 Å². The summed E-state index contributed by atoms with van der Waals surface area (Å²) in [6, 6.07) is 0.467. The van der Waals surface area contributed by atoms with E-state index in [1.54, 1.807) is 6.33 Å². The Bertz CT molecular complexity index is 567. The molecule has 3 rings (SSSR count). The first-order valence-electron chi connectivity index (χ1n) is 6.91. The molecule has 8 heteroatoms. The predicted molar refractivity (Wildman–Crippen MR) is 74.4 cm³/mol. The molecule has 0 radical (unpaired) electrons. The highest BCUT2D eigenvalue weighted by Gasteiger charge is 2.24. The number of piperidine rings is 1. The van der Waals surface area contributed by atoms with Crippen molar-refractivity contribution in [2.75, 3.05) is 17.2 Å². The number of anilines is 2. The molecule has 1 unspecified atom stereocenters. The van der Waals surface area contributed by atoms with Gasteiger partial charge >= 0.3 is 0 Å². The van der Waals surface area contributed by atoms with E-state index in [9.17, 15) is 0 Å². The van der Waals surface area contributed by atoms with Gasteiger partial charge in [0.25, 0.3) is 5.95 Å². The third-order valence-electron chi connectivity index (χ3n) is 3.61. The van der Waals surface area contributed by atoms with E-state index < -0.39 is 0 Å². The smallest absolute Gasteiger partial charge is 0.258 e. The van der Waals surface area contributed by atoms with E-state index in [2.05, 4.69) is 36.9 Å². The molecule has 0 spiro atoms. The molecule has 0 aliphatic carbocycles. The van der Waals surface area contributed by atoms with Gasteiger partial charge in [-0.15, -0.1) is 0 Å². The summed E-state index contributed by atoms with van der Waals surface area (Å²) in [5, 5.41) is 4.03. The second-order valence-electron chi connectivity index (χ2n) is 4.88. The SMILES string of the molecule is CCC1CCCCN1c1nc(N)nc(-n2cncn2)n1. The van der Waals surface area contributed by atoms with E-state index in [0.717, 1.165) is 19.4 Å². The van der Waals surface area contributed by atoms with Gasteiger partial charge in [0.15, 0.2) is 0 Å². The van der Waals surface area contributed by atoms with E-state index in [1.807, 2.05) is 0 Å². The van der Waals surface area contributed by atoms with Crippen molar-refractivity contribution in [2.45, 2.75) is 38.6 Å². The molecular formula is C12H18N8. The minimum atomic E-state index is 0.209. The van der Waals surface area contributed by atoms with Crippen LogP contribution in [0.15, 0.2) is 12.7 Å². The van der Waals surface area contributed by atoms with Gasteiger partial charge in [0, 0.05) is 12.6 Å². The van der Waals surface area contributed by atoms with E-state index in [4.69, 9.17) is 5.73 Å². The highest BCUT2D eigenvalue weighted by Crippen LogP contribution is 2.24. The first kappa shape index (κ1) is 12.8. The predicted octanol–water partition coefficient (Wildman–Crippen LogP) is 0.803. The molecule has 1 aliphatic heterocycles. The first-order chi connectivity index (χ1) is 9.78. The fourth-order valence-corrected chi connectivity index (χ4v) is 2.60. The molecule has 2 aromatic heterocycles. The van der Waals surface area contributed by atoms with Crippen molar-refractivity contribution in [3.8, 4) is 5.95 Å². The van der Waals surface area contributed by atoms with Crippen molar-refractivity contribution < 1.29 is 0 Å². The minimum Gasteiger partial charge on any atom is -0.368 e. The Morgan fingerprint density at radius 2 is 2.10 bits per heavy atom. The van der Waals surface area contributed by atoms with Crippen LogP contribution in [0.25, 0.3) is 5.95 Å². The van der Waals surface area contributed by atoms with Crippen LogP contribution in [0.1, 0.15) is 32.6 Å². The Balaban J connectivity index is 1.96. The Labute approximate surface area is 117 Å².